The molecule has 0 aliphatic heterocycles. The van der Waals surface area contributed by atoms with Crippen molar-refractivity contribution in [3.63, 3.8) is 0 Å². The van der Waals surface area contributed by atoms with Gasteiger partial charge in [-0.3, -0.25) is 0 Å². The van der Waals surface area contributed by atoms with Crippen molar-refractivity contribution in [3.8, 4) is 0 Å². The van der Waals surface area contributed by atoms with E-state index in [1.807, 2.05) is 31.2 Å². The highest BCUT2D eigenvalue weighted by Crippen LogP contribution is 2.14. The van der Waals surface area contributed by atoms with Crippen LogP contribution in [0.1, 0.15) is 18.1 Å². The van der Waals surface area contributed by atoms with E-state index in [1.165, 1.54) is 5.56 Å². The molecule has 0 saturated heterocycles. The van der Waals surface area contributed by atoms with Crippen LogP contribution in [0.4, 0.5) is 0 Å². The maximum Gasteiger partial charge on any atom is 0.345 e. The minimum Gasteiger partial charge on any atom is -0.462 e. The minimum absolute atomic E-state index is 0.335. The van der Waals surface area contributed by atoms with Crippen LogP contribution in [0.15, 0.2) is 28.7 Å². The Hall–Kier alpha value is -1.09. The summed E-state index contributed by atoms with van der Waals surface area (Å²) in [4.78, 5) is 11.3. The summed E-state index contributed by atoms with van der Waals surface area (Å²) in [5.74, 6) is -0.335. The Morgan fingerprint density at radius 1 is 1.40 bits per heavy atom. The lowest BCUT2D eigenvalue weighted by atomic mass is 10.1. The van der Waals surface area contributed by atoms with Gasteiger partial charge in [0.05, 0.1) is 6.61 Å². The van der Waals surface area contributed by atoms with Crippen LogP contribution < -0.4 is 0 Å². The summed E-state index contributed by atoms with van der Waals surface area (Å²) >= 11 is 3.19. The summed E-state index contributed by atoms with van der Waals surface area (Å²) in [6.45, 7) is 4.19. The first-order valence-corrected chi connectivity index (χ1v) is 5.53. The maximum absolute atomic E-state index is 11.3. The summed E-state index contributed by atoms with van der Waals surface area (Å²) in [6, 6.07) is 7.90. The summed E-state index contributed by atoms with van der Waals surface area (Å²) in [5.41, 5.74) is 2.17. The number of ether oxygens (including phenoxy) is 1. The van der Waals surface area contributed by atoms with Gasteiger partial charge in [-0.1, -0.05) is 29.8 Å². The number of hydrogen-bond acceptors (Lipinski definition) is 2. The first-order valence-electron chi connectivity index (χ1n) is 4.74. The number of carbonyl (C=O) groups is 1. The van der Waals surface area contributed by atoms with Gasteiger partial charge in [-0.25, -0.2) is 4.79 Å². The molecule has 0 amide bonds. The highest BCUT2D eigenvalue weighted by atomic mass is 79.9. The van der Waals surface area contributed by atoms with E-state index in [-0.39, 0.29) is 5.97 Å². The summed E-state index contributed by atoms with van der Waals surface area (Å²) in [5, 5.41) is 0. The van der Waals surface area contributed by atoms with Gasteiger partial charge >= 0.3 is 5.97 Å². The van der Waals surface area contributed by atoms with Crippen molar-refractivity contribution in [3.05, 3.63) is 39.9 Å². The van der Waals surface area contributed by atoms with Crippen LogP contribution in [0.3, 0.4) is 0 Å². The molecule has 0 radical (unpaired) electrons. The average Bonchev–Trinajstić information content (AvgIpc) is 2.22. The fourth-order valence-electron chi connectivity index (χ4n) is 1.07. The number of benzene rings is 1. The Kier molecular flexibility index (Phi) is 4.56. The molecule has 80 valence electrons. The van der Waals surface area contributed by atoms with Crippen molar-refractivity contribution in [2.75, 3.05) is 6.61 Å². The molecule has 0 aliphatic carbocycles. The second kappa shape index (κ2) is 5.71. The van der Waals surface area contributed by atoms with Gasteiger partial charge < -0.3 is 4.74 Å². The minimum atomic E-state index is -0.335. The Balaban J connectivity index is 2.78. The number of carbonyl (C=O) groups excluding carboxylic acids is 1. The number of rotatable bonds is 3. The topological polar surface area (TPSA) is 26.3 Å². The van der Waals surface area contributed by atoms with Gasteiger partial charge in [0.15, 0.2) is 0 Å². The molecule has 1 aromatic carbocycles. The SMILES string of the molecule is CCOC(=O)/C(Br)=C/c1ccc(C)cc1. The molecule has 0 bridgehead atoms. The normalized spacial score (nSPS) is 11.3. The first-order chi connectivity index (χ1) is 7.13. The van der Waals surface area contributed by atoms with Gasteiger partial charge in [-0.15, -0.1) is 0 Å². The summed E-state index contributed by atoms with van der Waals surface area (Å²) in [7, 11) is 0. The molecule has 0 fully saturated rings. The number of hydrogen-bond donors (Lipinski definition) is 0. The van der Waals surface area contributed by atoms with Gasteiger partial charge in [0.2, 0.25) is 0 Å². The molecule has 0 aliphatic rings. The lowest BCUT2D eigenvalue weighted by molar-refractivity contribution is -0.137. The third-order valence-corrected chi connectivity index (χ3v) is 2.39. The van der Waals surface area contributed by atoms with Crippen molar-refractivity contribution < 1.29 is 9.53 Å². The van der Waals surface area contributed by atoms with E-state index < -0.39 is 0 Å². The van der Waals surface area contributed by atoms with Crippen molar-refractivity contribution >= 4 is 28.0 Å². The zero-order valence-electron chi connectivity index (χ0n) is 8.79. The Morgan fingerprint density at radius 2 is 2.00 bits per heavy atom. The van der Waals surface area contributed by atoms with Gasteiger partial charge in [-0.05, 0) is 41.4 Å². The fraction of sp³-hybridized carbons (Fsp3) is 0.250. The molecule has 0 heterocycles. The van der Waals surface area contributed by atoms with E-state index in [2.05, 4.69) is 15.9 Å². The van der Waals surface area contributed by atoms with E-state index in [1.54, 1.807) is 13.0 Å². The van der Waals surface area contributed by atoms with Crippen LogP contribution in [-0.4, -0.2) is 12.6 Å². The van der Waals surface area contributed by atoms with Crippen molar-refractivity contribution in [2.45, 2.75) is 13.8 Å². The van der Waals surface area contributed by atoms with E-state index in [4.69, 9.17) is 4.74 Å². The fourth-order valence-corrected chi connectivity index (χ4v) is 1.45. The van der Waals surface area contributed by atoms with Crippen molar-refractivity contribution in [1.82, 2.24) is 0 Å². The Bertz CT molecular complexity index is 366. The van der Waals surface area contributed by atoms with Crippen molar-refractivity contribution in [2.24, 2.45) is 0 Å². The molecule has 1 aromatic rings. The second-order valence-electron chi connectivity index (χ2n) is 3.12. The van der Waals surface area contributed by atoms with Crippen LogP contribution in [0.2, 0.25) is 0 Å². The molecule has 15 heavy (non-hydrogen) atoms. The van der Waals surface area contributed by atoms with Gasteiger partial charge in [0.1, 0.15) is 4.48 Å². The van der Waals surface area contributed by atoms with E-state index in [0.717, 1.165) is 5.56 Å². The summed E-state index contributed by atoms with van der Waals surface area (Å²) < 4.78 is 5.28. The van der Waals surface area contributed by atoms with E-state index in [9.17, 15) is 4.79 Å². The molecule has 1 rings (SSSR count). The number of halogens is 1. The number of esters is 1. The average molecular weight is 269 g/mol. The molecule has 2 nitrogen and oxygen atoms in total. The first kappa shape index (κ1) is 12.0. The maximum atomic E-state index is 11.3. The van der Waals surface area contributed by atoms with E-state index in [0.29, 0.717) is 11.1 Å². The molecule has 0 spiro atoms. The Morgan fingerprint density at radius 3 is 2.53 bits per heavy atom. The predicted molar refractivity (Wildman–Crippen MR) is 64.7 cm³/mol. The smallest absolute Gasteiger partial charge is 0.345 e. The van der Waals surface area contributed by atoms with Crippen molar-refractivity contribution in [1.29, 1.82) is 0 Å². The molecule has 0 N–H and O–H groups in total. The standard InChI is InChI=1S/C12H13BrO2/c1-3-15-12(14)11(13)8-10-6-4-9(2)5-7-10/h4-8H,3H2,1-2H3/b11-8-. The molecule has 0 aromatic heterocycles. The molecule has 0 saturated carbocycles. The summed E-state index contributed by atoms with van der Waals surface area (Å²) in [6.07, 6.45) is 1.75. The van der Waals surface area contributed by atoms with Crippen LogP contribution in [0.25, 0.3) is 6.08 Å². The zero-order valence-corrected chi connectivity index (χ0v) is 10.4. The third kappa shape index (κ3) is 3.88. The largest absolute Gasteiger partial charge is 0.462 e. The third-order valence-electron chi connectivity index (χ3n) is 1.84. The molecular weight excluding hydrogens is 256 g/mol. The lowest BCUT2D eigenvalue weighted by Crippen LogP contribution is -2.02. The second-order valence-corrected chi connectivity index (χ2v) is 3.98. The monoisotopic (exact) mass is 268 g/mol. The molecule has 0 atom stereocenters. The van der Waals surface area contributed by atoms with Crippen LogP contribution in [0, 0.1) is 6.92 Å². The Labute approximate surface area is 98.1 Å². The zero-order chi connectivity index (χ0) is 11.3. The quantitative estimate of drug-likeness (QED) is 0.621. The highest BCUT2D eigenvalue weighted by Gasteiger charge is 2.05. The highest BCUT2D eigenvalue weighted by molar-refractivity contribution is 9.12. The predicted octanol–water partition coefficient (Wildman–Crippen LogP) is 3.29. The van der Waals surface area contributed by atoms with Gasteiger partial charge in [0.25, 0.3) is 0 Å². The molecular formula is C12H13BrO2. The van der Waals surface area contributed by atoms with Crippen LogP contribution in [0.5, 0.6) is 0 Å². The van der Waals surface area contributed by atoms with Gasteiger partial charge in [0, 0.05) is 0 Å². The van der Waals surface area contributed by atoms with Crippen LogP contribution >= 0.6 is 15.9 Å². The molecule has 0 unspecified atom stereocenters. The van der Waals surface area contributed by atoms with Crippen LogP contribution in [-0.2, 0) is 9.53 Å². The lowest BCUT2D eigenvalue weighted by Gasteiger charge is -2.00. The van der Waals surface area contributed by atoms with Gasteiger partial charge in [-0.2, -0.15) is 0 Å². The molecule has 3 heteroatoms. The van der Waals surface area contributed by atoms with E-state index >= 15 is 0 Å². The number of aryl methyl sites for hydroxylation is 1.